The Morgan fingerprint density at radius 3 is 2.93 bits per heavy atom. The standard InChI is InChI=1S/C20H23N5O2/c26-19(24-20-22-17-8-1-2-9-18(17)23-20)14-25(13-16-7-5-11-27-16)12-15-6-3-4-10-21-15/h1-4,6,8-10,16H,5,7,11-14H2,(H2,22,23,24,26)/t16-/m1/s1. The highest BCUT2D eigenvalue weighted by Crippen LogP contribution is 2.16. The van der Waals surface area contributed by atoms with E-state index >= 15 is 0 Å². The van der Waals surface area contributed by atoms with Crippen LogP contribution in [0.2, 0.25) is 0 Å². The van der Waals surface area contributed by atoms with Gasteiger partial charge < -0.3 is 9.72 Å². The summed E-state index contributed by atoms with van der Waals surface area (Å²) in [7, 11) is 0. The number of hydrogen-bond donors (Lipinski definition) is 2. The molecule has 2 aromatic heterocycles. The molecular formula is C20H23N5O2. The Morgan fingerprint density at radius 2 is 2.15 bits per heavy atom. The summed E-state index contributed by atoms with van der Waals surface area (Å²) in [6.07, 6.45) is 4.05. The number of imidazole rings is 1. The first-order valence-electron chi connectivity index (χ1n) is 9.25. The molecule has 0 spiro atoms. The van der Waals surface area contributed by atoms with Crippen molar-refractivity contribution in [2.45, 2.75) is 25.5 Å². The molecule has 1 amide bonds. The fourth-order valence-electron chi connectivity index (χ4n) is 3.37. The number of amides is 1. The van der Waals surface area contributed by atoms with Crippen LogP contribution in [0.5, 0.6) is 0 Å². The molecule has 2 N–H and O–H groups in total. The average Bonchev–Trinajstić information content (AvgIpc) is 3.31. The molecule has 1 fully saturated rings. The Balaban J connectivity index is 1.41. The molecule has 1 aromatic carbocycles. The molecule has 3 aromatic rings. The van der Waals surface area contributed by atoms with E-state index in [4.69, 9.17) is 4.74 Å². The highest BCUT2D eigenvalue weighted by atomic mass is 16.5. The molecular weight excluding hydrogens is 342 g/mol. The smallest absolute Gasteiger partial charge is 0.240 e. The fourth-order valence-corrected chi connectivity index (χ4v) is 3.37. The summed E-state index contributed by atoms with van der Waals surface area (Å²) >= 11 is 0. The number of fused-ring (bicyclic) bond motifs is 1. The van der Waals surface area contributed by atoms with Crippen molar-refractivity contribution in [3.63, 3.8) is 0 Å². The Kier molecular flexibility index (Phi) is 5.41. The van der Waals surface area contributed by atoms with Crippen LogP contribution in [0.3, 0.4) is 0 Å². The molecule has 1 aliphatic rings. The molecule has 27 heavy (non-hydrogen) atoms. The van der Waals surface area contributed by atoms with E-state index in [1.54, 1.807) is 6.20 Å². The summed E-state index contributed by atoms with van der Waals surface area (Å²) in [5.41, 5.74) is 2.67. The number of anilines is 1. The molecule has 0 unspecified atom stereocenters. The number of nitrogens with zero attached hydrogens (tertiary/aromatic N) is 3. The van der Waals surface area contributed by atoms with Crippen LogP contribution in [0.4, 0.5) is 5.95 Å². The van der Waals surface area contributed by atoms with Crippen molar-refractivity contribution in [2.75, 3.05) is 25.0 Å². The summed E-state index contributed by atoms with van der Waals surface area (Å²) < 4.78 is 5.75. The van der Waals surface area contributed by atoms with Crippen molar-refractivity contribution in [3.8, 4) is 0 Å². The third-order valence-corrected chi connectivity index (χ3v) is 4.61. The number of pyridine rings is 1. The monoisotopic (exact) mass is 365 g/mol. The predicted molar refractivity (Wildman–Crippen MR) is 103 cm³/mol. The van der Waals surface area contributed by atoms with E-state index in [-0.39, 0.29) is 18.6 Å². The van der Waals surface area contributed by atoms with Gasteiger partial charge in [0, 0.05) is 25.9 Å². The van der Waals surface area contributed by atoms with Crippen molar-refractivity contribution in [1.29, 1.82) is 0 Å². The normalized spacial score (nSPS) is 16.9. The number of ether oxygens (including phenoxy) is 1. The van der Waals surface area contributed by atoms with Crippen LogP contribution in [-0.2, 0) is 16.1 Å². The van der Waals surface area contributed by atoms with Crippen molar-refractivity contribution >= 4 is 22.9 Å². The molecule has 140 valence electrons. The number of benzene rings is 1. The van der Waals surface area contributed by atoms with Gasteiger partial charge in [0.05, 0.1) is 29.4 Å². The lowest BCUT2D eigenvalue weighted by Gasteiger charge is -2.24. The molecule has 7 nitrogen and oxygen atoms in total. The molecule has 1 aliphatic heterocycles. The van der Waals surface area contributed by atoms with Crippen LogP contribution < -0.4 is 5.32 Å². The highest BCUT2D eigenvalue weighted by molar-refractivity contribution is 5.92. The van der Waals surface area contributed by atoms with Gasteiger partial charge in [0.1, 0.15) is 0 Å². The van der Waals surface area contributed by atoms with Gasteiger partial charge in [0.2, 0.25) is 11.9 Å². The Morgan fingerprint density at radius 1 is 1.26 bits per heavy atom. The summed E-state index contributed by atoms with van der Waals surface area (Å²) in [4.78, 5) is 26.6. The number of carbonyl (C=O) groups is 1. The number of para-hydroxylation sites is 2. The lowest BCUT2D eigenvalue weighted by Crippen LogP contribution is -2.38. The molecule has 4 rings (SSSR count). The average molecular weight is 365 g/mol. The topological polar surface area (TPSA) is 83.1 Å². The highest BCUT2D eigenvalue weighted by Gasteiger charge is 2.21. The maximum atomic E-state index is 12.6. The van der Waals surface area contributed by atoms with E-state index in [0.29, 0.717) is 19.0 Å². The molecule has 1 atom stereocenters. The minimum absolute atomic E-state index is 0.108. The van der Waals surface area contributed by atoms with Crippen LogP contribution in [0.1, 0.15) is 18.5 Å². The van der Waals surface area contributed by atoms with Crippen LogP contribution in [-0.4, -0.2) is 51.6 Å². The summed E-state index contributed by atoms with van der Waals surface area (Å²) in [5.74, 6) is 0.360. The van der Waals surface area contributed by atoms with Gasteiger partial charge in [-0.15, -0.1) is 0 Å². The van der Waals surface area contributed by atoms with E-state index < -0.39 is 0 Å². The number of aromatic nitrogens is 3. The summed E-state index contributed by atoms with van der Waals surface area (Å²) in [5, 5.41) is 2.86. The number of hydrogen-bond acceptors (Lipinski definition) is 5. The van der Waals surface area contributed by atoms with E-state index in [0.717, 1.165) is 36.2 Å². The van der Waals surface area contributed by atoms with Gasteiger partial charge in [-0.05, 0) is 37.1 Å². The third-order valence-electron chi connectivity index (χ3n) is 4.61. The third kappa shape index (κ3) is 4.69. The van der Waals surface area contributed by atoms with Gasteiger partial charge in [-0.2, -0.15) is 0 Å². The van der Waals surface area contributed by atoms with Crippen molar-refractivity contribution < 1.29 is 9.53 Å². The maximum Gasteiger partial charge on any atom is 0.240 e. The first-order chi connectivity index (χ1) is 13.3. The Hall–Kier alpha value is -2.77. The summed E-state index contributed by atoms with van der Waals surface area (Å²) in [6.45, 7) is 2.37. The van der Waals surface area contributed by atoms with Crippen LogP contribution in [0.25, 0.3) is 11.0 Å². The van der Waals surface area contributed by atoms with Crippen LogP contribution in [0.15, 0.2) is 48.7 Å². The number of carbonyl (C=O) groups excluding carboxylic acids is 1. The minimum Gasteiger partial charge on any atom is -0.377 e. The van der Waals surface area contributed by atoms with E-state index in [1.807, 2.05) is 42.5 Å². The van der Waals surface area contributed by atoms with Gasteiger partial charge in [0.25, 0.3) is 0 Å². The van der Waals surface area contributed by atoms with Crippen molar-refractivity contribution in [3.05, 3.63) is 54.4 Å². The van der Waals surface area contributed by atoms with Gasteiger partial charge in [-0.1, -0.05) is 18.2 Å². The number of rotatable bonds is 7. The van der Waals surface area contributed by atoms with Crippen LogP contribution in [0, 0.1) is 0 Å². The lowest BCUT2D eigenvalue weighted by atomic mass is 10.2. The quantitative estimate of drug-likeness (QED) is 0.672. The molecule has 0 saturated carbocycles. The van der Waals surface area contributed by atoms with E-state index in [1.165, 1.54) is 0 Å². The van der Waals surface area contributed by atoms with E-state index in [2.05, 4.69) is 25.2 Å². The zero-order chi connectivity index (χ0) is 18.5. The van der Waals surface area contributed by atoms with Crippen molar-refractivity contribution in [1.82, 2.24) is 19.9 Å². The first-order valence-corrected chi connectivity index (χ1v) is 9.25. The molecule has 0 aliphatic carbocycles. The molecule has 3 heterocycles. The molecule has 0 bridgehead atoms. The second-order valence-corrected chi connectivity index (χ2v) is 6.78. The van der Waals surface area contributed by atoms with Crippen LogP contribution >= 0.6 is 0 Å². The Labute approximate surface area is 157 Å². The molecule has 7 heteroatoms. The SMILES string of the molecule is O=C(CN(Cc1ccccn1)C[C@H]1CCCO1)Nc1nc2ccccc2[nH]1. The second-order valence-electron chi connectivity index (χ2n) is 6.78. The maximum absolute atomic E-state index is 12.6. The van der Waals surface area contributed by atoms with Gasteiger partial charge in [-0.3, -0.25) is 20.0 Å². The Bertz CT molecular complexity index is 857. The lowest BCUT2D eigenvalue weighted by molar-refractivity contribution is -0.117. The zero-order valence-corrected chi connectivity index (χ0v) is 15.1. The minimum atomic E-state index is -0.108. The first kappa shape index (κ1) is 17.6. The molecule has 1 saturated heterocycles. The second kappa shape index (κ2) is 8.28. The fraction of sp³-hybridized carbons (Fsp3) is 0.350. The van der Waals surface area contributed by atoms with Gasteiger partial charge in [0.15, 0.2) is 0 Å². The zero-order valence-electron chi connectivity index (χ0n) is 15.1. The predicted octanol–water partition coefficient (Wildman–Crippen LogP) is 2.58. The van der Waals surface area contributed by atoms with Gasteiger partial charge >= 0.3 is 0 Å². The largest absolute Gasteiger partial charge is 0.377 e. The number of H-pyrrole nitrogens is 1. The van der Waals surface area contributed by atoms with Gasteiger partial charge in [-0.25, -0.2) is 4.98 Å². The van der Waals surface area contributed by atoms with Crippen molar-refractivity contribution in [2.24, 2.45) is 0 Å². The number of aromatic amines is 1. The van der Waals surface area contributed by atoms with E-state index in [9.17, 15) is 4.79 Å². The molecule has 0 radical (unpaired) electrons. The number of nitrogens with one attached hydrogen (secondary N) is 2. The summed E-state index contributed by atoms with van der Waals surface area (Å²) in [6, 6.07) is 13.5.